The molecule has 0 aliphatic carbocycles. The van der Waals surface area contributed by atoms with E-state index in [0.717, 1.165) is 11.1 Å². The Morgan fingerprint density at radius 3 is 2.79 bits per heavy atom. The second-order valence-corrected chi connectivity index (χ2v) is 7.28. The summed E-state index contributed by atoms with van der Waals surface area (Å²) in [5, 5.41) is 0. The van der Waals surface area contributed by atoms with Gasteiger partial charge in [0, 0.05) is 5.56 Å². The highest BCUT2D eigenvalue weighted by Crippen LogP contribution is 2.30. The SMILES string of the molecule is CCOC(=O)C1=C(C)N=c2s/c(=C\c3ccoc3)c(=O)n2[C@H]1c1ccccc1. The summed E-state index contributed by atoms with van der Waals surface area (Å²) in [6.07, 6.45) is 4.89. The van der Waals surface area contributed by atoms with Crippen molar-refractivity contribution < 1.29 is 13.9 Å². The number of furan rings is 1. The fraction of sp³-hybridized carbons (Fsp3) is 0.190. The van der Waals surface area contributed by atoms with Crippen LogP contribution in [0.5, 0.6) is 0 Å². The summed E-state index contributed by atoms with van der Waals surface area (Å²) in [7, 11) is 0. The zero-order valence-electron chi connectivity index (χ0n) is 15.4. The van der Waals surface area contributed by atoms with Crippen molar-refractivity contribution in [3.05, 3.63) is 91.0 Å². The number of thiazole rings is 1. The second kappa shape index (κ2) is 7.44. The van der Waals surface area contributed by atoms with Crippen molar-refractivity contribution >= 4 is 23.4 Å². The van der Waals surface area contributed by atoms with Crippen molar-refractivity contribution in [2.24, 2.45) is 4.99 Å². The second-order valence-electron chi connectivity index (χ2n) is 6.27. The van der Waals surface area contributed by atoms with Gasteiger partial charge in [0.05, 0.1) is 41.0 Å². The monoisotopic (exact) mass is 394 g/mol. The molecule has 0 spiro atoms. The predicted molar refractivity (Wildman–Crippen MR) is 106 cm³/mol. The van der Waals surface area contributed by atoms with Crippen LogP contribution in [0.15, 0.2) is 74.4 Å². The van der Waals surface area contributed by atoms with Gasteiger partial charge in [-0.25, -0.2) is 9.79 Å². The summed E-state index contributed by atoms with van der Waals surface area (Å²) in [4.78, 5) is 31.0. The maximum absolute atomic E-state index is 13.2. The van der Waals surface area contributed by atoms with Gasteiger partial charge in [0.25, 0.3) is 5.56 Å². The van der Waals surface area contributed by atoms with Gasteiger partial charge in [-0.05, 0) is 31.6 Å². The first-order chi connectivity index (χ1) is 13.6. The van der Waals surface area contributed by atoms with Crippen LogP contribution in [0, 0.1) is 0 Å². The van der Waals surface area contributed by atoms with Crippen LogP contribution in [-0.4, -0.2) is 17.1 Å². The van der Waals surface area contributed by atoms with Gasteiger partial charge in [0.2, 0.25) is 0 Å². The third-order valence-electron chi connectivity index (χ3n) is 4.47. The molecule has 0 radical (unpaired) electrons. The van der Waals surface area contributed by atoms with Crippen LogP contribution >= 0.6 is 11.3 Å². The molecule has 142 valence electrons. The first kappa shape index (κ1) is 18.2. The summed E-state index contributed by atoms with van der Waals surface area (Å²) in [6.45, 7) is 3.78. The molecule has 1 aromatic carbocycles. The van der Waals surface area contributed by atoms with Crippen LogP contribution < -0.4 is 14.9 Å². The van der Waals surface area contributed by atoms with Gasteiger partial charge in [-0.1, -0.05) is 41.7 Å². The molecule has 1 aliphatic rings. The molecule has 1 aliphatic heterocycles. The number of rotatable bonds is 4. The lowest BCUT2D eigenvalue weighted by molar-refractivity contribution is -0.139. The van der Waals surface area contributed by atoms with Crippen molar-refractivity contribution in [1.29, 1.82) is 0 Å². The summed E-state index contributed by atoms with van der Waals surface area (Å²) in [6, 6.07) is 10.7. The fourth-order valence-corrected chi connectivity index (χ4v) is 4.30. The lowest BCUT2D eigenvalue weighted by Crippen LogP contribution is -2.39. The van der Waals surface area contributed by atoms with Gasteiger partial charge < -0.3 is 9.15 Å². The number of nitrogens with zero attached hydrogens (tertiary/aromatic N) is 2. The Labute approximate surface area is 164 Å². The van der Waals surface area contributed by atoms with Crippen molar-refractivity contribution in [2.75, 3.05) is 6.61 Å². The van der Waals surface area contributed by atoms with E-state index in [1.54, 1.807) is 43.1 Å². The molecule has 0 saturated heterocycles. The number of esters is 1. The highest BCUT2D eigenvalue weighted by atomic mass is 32.1. The number of carbonyl (C=O) groups is 1. The van der Waals surface area contributed by atoms with Crippen molar-refractivity contribution in [3.8, 4) is 0 Å². The van der Waals surface area contributed by atoms with Crippen molar-refractivity contribution in [3.63, 3.8) is 0 Å². The predicted octanol–water partition coefficient (Wildman–Crippen LogP) is 2.39. The van der Waals surface area contributed by atoms with Gasteiger partial charge in [-0.15, -0.1) is 0 Å². The van der Waals surface area contributed by atoms with Gasteiger partial charge in [-0.2, -0.15) is 0 Å². The molecule has 0 N–H and O–H groups in total. The Kier molecular flexibility index (Phi) is 4.83. The van der Waals surface area contributed by atoms with Crippen LogP contribution in [0.1, 0.15) is 31.0 Å². The third kappa shape index (κ3) is 3.14. The first-order valence-corrected chi connectivity index (χ1v) is 9.68. The molecule has 0 amide bonds. The molecule has 4 rings (SSSR count). The van der Waals surface area contributed by atoms with Crippen LogP contribution in [0.2, 0.25) is 0 Å². The summed E-state index contributed by atoms with van der Waals surface area (Å²) in [5.74, 6) is -0.457. The summed E-state index contributed by atoms with van der Waals surface area (Å²) < 4.78 is 12.4. The normalized spacial score (nSPS) is 16.6. The molecule has 6 nitrogen and oxygen atoms in total. The van der Waals surface area contributed by atoms with Crippen LogP contribution in [0.4, 0.5) is 0 Å². The smallest absolute Gasteiger partial charge is 0.338 e. The number of ether oxygens (including phenoxy) is 1. The average Bonchev–Trinajstić information content (AvgIpc) is 3.30. The van der Waals surface area contributed by atoms with E-state index in [0.29, 0.717) is 20.6 Å². The standard InChI is InChI=1S/C21H18N2O4S/c1-3-27-20(25)17-13(2)22-21-23(18(17)15-7-5-4-6-8-15)19(24)16(28-21)11-14-9-10-26-12-14/h4-12,18H,3H2,1-2H3/b16-11-/t18-/m0/s1. The third-order valence-corrected chi connectivity index (χ3v) is 5.46. The number of hydrogen-bond donors (Lipinski definition) is 0. The molecule has 28 heavy (non-hydrogen) atoms. The molecule has 0 bridgehead atoms. The summed E-state index contributed by atoms with van der Waals surface area (Å²) >= 11 is 1.29. The quantitative estimate of drug-likeness (QED) is 0.637. The largest absolute Gasteiger partial charge is 0.472 e. The maximum atomic E-state index is 13.2. The first-order valence-electron chi connectivity index (χ1n) is 8.87. The molecule has 1 atom stereocenters. The number of hydrogen-bond acceptors (Lipinski definition) is 6. The minimum atomic E-state index is -0.581. The molecular weight excluding hydrogens is 376 g/mol. The topological polar surface area (TPSA) is 73.8 Å². The Bertz CT molecular complexity index is 1220. The van der Waals surface area contributed by atoms with Gasteiger partial charge in [-0.3, -0.25) is 9.36 Å². The molecule has 0 fully saturated rings. The molecule has 7 heteroatoms. The van der Waals surface area contributed by atoms with E-state index >= 15 is 0 Å². The molecule has 0 unspecified atom stereocenters. The van der Waals surface area contributed by atoms with Gasteiger partial charge in [0.1, 0.15) is 0 Å². The maximum Gasteiger partial charge on any atom is 0.338 e. The van der Waals surface area contributed by atoms with E-state index < -0.39 is 12.0 Å². The van der Waals surface area contributed by atoms with Gasteiger partial charge >= 0.3 is 5.97 Å². The number of allylic oxidation sites excluding steroid dienone is 1. The van der Waals surface area contributed by atoms with Crippen LogP contribution in [0.3, 0.4) is 0 Å². The fourth-order valence-electron chi connectivity index (χ4n) is 3.25. The number of carbonyl (C=O) groups excluding carboxylic acids is 1. The lowest BCUT2D eigenvalue weighted by Gasteiger charge is -2.24. The summed E-state index contributed by atoms with van der Waals surface area (Å²) in [5.41, 5.74) is 2.37. The zero-order valence-corrected chi connectivity index (χ0v) is 16.2. The van der Waals surface area contributed by atoms with Gasteiger partial charge in [0.15, 0.2) is 4.80 Å². The van der Waals surface area contributed by atoms with E-state index in [1.165, 1.54) is 11.3 Å². The van der Waals surface area contributed by atoms with E-state index in [2.05, 4.69) is 4.99 Å². The molecule has 3 aromatic rings. The lowest BCUT2D eigenvalue weighted by atomic mass is 9.96. The molecule has 2 aromatic heterocycles. The average molecular weight is 394 g/mol. The van der Waals surface area contributed by atoms with E-state index in [9.17, 15) is 9.59 Å². The minimum Gasteiger partial charge on any atom is -0.472 e. The highest BCUT2D eigenvalue weighted by molar-refractivity contribution is 7.07. The molecular formula is C21H18N2O4S. The molecule has 0 saturated carbocycles. The Morgan fingerprint density at radius 2 is 2.11 bits per heavy atom. The number of aromatic nitrogens is 1. The minimum absolute atomic E-state index is 0.201. The Balaban J connectivity index is 1.97. The zero-order chi connectivity index (χ0) is 19.7. The van der Waals surface area contributed by atoms with Crippen molar-refractivity contribution in [2.45, 2.75) is 19.9 Å². The number of fused-ring (bicyclic) bond motifs is 1. The Hall–Kier alpha value is -3.19. The highest BCUT2D eigenvalue weighted by Gasteiger charge is 2.33. The van der Waals surface area contributed by atoms with Crippen LogP contribution in [-0.2, 0) is 9.53 Å². The van der Waals surface area contributed by atoms with Crippen molar-refractivity contribution in [1.82, 2.24) is 4.57 Å². The molecule has 3 heterocycles. The van der Waals surface area contributed by atoms with Crippen LogP contribution in [0.25, 0.3) is 6.08 Å². The number of benzene rings is 1. The van der Waals surface area contributed by atoms with E-state index in [4.69, 9.17) is 9.15 Å². The van der Waals surface area contributed by atoms with E-state index in [-0.39, 0.29) is 12.2 Å². The van der Waals surface area contributed by atoms with E-state index in [1.807, 2.05) is 30.3 Å². The Morgan fingerprint density at radius 1 is 1.32 bits per heavy atom.